The van der Waals surface area contributed by atoms with Crippen LogP contribution in [0.3, 0.4) is 0 Å². The number of ether oxygens (including phenoxy) is 1. The monoisotopic (exact) mass is 365 g/mol. The maximum Gasteiger partial charge on any atom is 0.410 e. The molecular formula is C20H35N3O3. The van der Waals surface area contributed by atoms with Crippen molar-refractivity contribution in [1.29, 1.82) is 0 Å². The van der Waals surface area contributed by atoms with Crippen molar-refractivity contribution in [2.24, 2.45) is 5.92 Å². The molecule has 1 aromatic heterocycles. The number of piperidine rings is 1. The van der Waals surface area contributed by atoms with E-state index in [1.165, 1.54) is 5.56 Å². The minimum absolute atomic E-state index is 0.128. The Bertz CT molecular complexity index is 584. The van der Waals surface area contributed by atoms with Crippen molar-refractivity contribution < 1.29 is 14.1 Å². The van der Waals surface area contributed by atoms with E-state index in [1.807, 2.05) is 53.4 Å². The van der Waals surface area contributed by atoms with Crippen LogP contribution < -0.4 is 0 Å². The van der Waals surface area contributed by atoms with E-state index >= 15 is 0 Å². The molecule has 0 saturated carbocycles. The number of aromatic nitrogens is 1. The van der Waals surface area contributed by atoms with Crippen LogP contribution in [0.4, 0.5) is 4.79 Å². The predicted molar refractivity (Wildman–Crippen MR) is 102 cm³/mol. The van der Waals surface area contributed by atoms with Gasteiger partial charge in [-0.3, -0.25) is 4.90 Å². The number of carbonyl (C=O) groups excluding carboxylic acids is 1. The van der Waals surface area contributed by atoms with Crippen molar-refractivity contribution in [2.45, 2.75) is 79.5 Å². The highest BCUT2D eigenvalue weighted by molar-refractivity contribution is 5.68. The van der Waals surface area contributed by atoms with E-state index in [0.717, 1.165) is 50.5 Å². The summed E-state index contributed by atoms with van der Waals surface area (Å²) in [4.78, 5) is 16.9. The summed E-state index contributed by atoms with van der Waals surface area (Å²) in [5.41, 5.74) is 1.70. The highest BCUT2D eigenvalue weighted by atomic mass is 16.6. The van der Waals surface area contributed by atoms with Gasteiger partial charge in [-0.2, -0.15) is 0 Å². The van der Waals surface area contributed by atoms with Gasteiger partial charge in [-0.25, -0.2) is 4.79 Å². The number of rotatable bonds is 5. The fraction of sp³-hybridized carbons (Fsp3) is 0.800. The first-order valence-electron chi connectivity index (χ1n) is 9.70. The molecule has 1 saturated heterocycles. The van der Waals surface area contributed by atoms with Crippen LogP contribution in [-0.4, -0.2) is 52.3 Å². The van der Waals surface area contributed by atoms with Crippen molar-refractivity contribution in [3.63, 3.8) is 0 Å². The molecule has 6 nitrogen and oxygen atoms in total. The number of amides is 1. The molecule has 1 atom stereocenters. The van der Waals surface area contributed by atoms with Crippen molar-refractivity contribution in [3.05, 3.63) is 17.0 Å². The summed E-state index contributed by atoms with van der Waals surface area (Å²) < 4.78 is 10.9. The van der Waals surface area contributed by atoms with Gasteiger partial charge in [-0.15, -0.1) is 0 Å². The standard InChI is InChI=1S/C20H35N3O3/c1-14(2)23(19(24)25-20(5,6)7)12-17-9-8-10-22(11-17)13-18-15(3)21-26-16(18)4/h14,17H,8-13H2,1-7H3/t17-/m1/s1. The van der Waals surface area contributed by atoms with Crippen LogP contribution in [0.2, 0.25) is 0 Å². The third-order valence-electron chi connectivity index (χ3n) is 4.87. The Kier molecular flexibility index (Phi) is 6.72. The molecule has 6 heteroatoms. The second-order valence-electron chi connectivity index (χ2n) is 8.77. The molecule has 1 aliphatic rings. The Hall–Kier alpha value is -1.56. The van der Waals surface area contributed by atoms with Crippen molar-refractivity contribution >= 4 is 6.09 Å². The first-order valence-corrected chi connectivity index (χ1v) is 9.70. The van der Waals surface area contributed by atoms with Crippen LogP contribution in [0.5, 0.6) is 0 Å². The lowest BCUT2D eigenvalue weighted by atomic mass is 9.96. The molecule has 0 bridgehead atoms. The van der Waals surface area contributed by atoms with Crippen molar-refractivity contribution in [1.82, 2.24) is 15.0 Å². The Morgan fingerprint density at radius 2 is 2.08 bits per heavy atom. The minimum atomic E-state index is -0.466. The fourth-order valence-electron chi connectivity index (χ4n) is 3.49. The molecule has 26 heavy (non-hydrogen) atoms. The number of hydrogen-bond donors (Lipinski definition) is 0. The summed E-state index contributed by atoms with van der Waals surface area (Å²) in [5.74, 6) is 1.36. The molecule has 0 unspecified atom stereocenters. The third-order valence-corrected chi connectivity index (χ3v) is 4.87. The summed E-state index contributed by atoms with van der Waals surface area (Å²) in [7, 11) is 0. The van der Waals surface area contributed by atoms with E-state index in [1.54, 1.807) is 0 Å². The summed E-state index contributed by atoms with van der Waals surface area (Å²) in [5, 5.41) is 4.06. The zero-order chi connectivity index (χ0) is 19.5. The lowest BCUT2D eigenvalue weighted by Crippen LogP contribution is -2.47. The van der Waals surface area contributed by atoms with E-state index in [2.05, 4.69) is 10.1 Å². The smallest absolute Gasteiger partial charge is 0.410 e. The van der Waals surface area contributed by atoms with Gasteiger partial charge >= 0.3 is 6.09 Å². The van der Waals surface area contributed by atoms with Gasteiger partial charge in [0.25, 0.3) is 0 Å². The first kappa shape index (κ1) is 20.7. The molecule has 0 aliphatic carbocycles. The maximum absolute atomic E-state index is 12.6. The van der Waals surface area contributed by atoms with Crippen LogP contribution in [0.15, 0.2) is 4.52 Å². The average Bonchev–Trinajstić information content (AvgIpc) is 2.83. The van der Waals surface area contributed by atoms with Crippen LogP contribution in [0.25, 0.3) is 0 Å². The predicted octanol–water partition coefficient (Wildman–Crippen LogP) is 4.15. The lowest BCUT2D eigenvalue weighted by molar-refractivity contribution is 0.0118. The largest absolute Gasteiger partial charge is 0.444 e. The van der Waals surface area contributed by atoms with Gasteiger partial charge in [-0.05, 0) is 73.8 Å². The summed E-state index contributed by atoms with van der Waals surface area (Å²) in [6.45, 7) is 17.5. The van der Waals surface area contributed by atoms with E-state index in [0.29, 0.717) is 5.92 Å². The first-order chi connectivity index (χ1) is 12.1. The molecular weight excluding hydrogens is 330 g/mol. The zero-order valence-corrected chi connectivity index (χ0v) is 17.5. The van der Waals surface area contributed by atoms with Gasteiger partial charge in [0, 0.05) is 31.2 Å². The fourth-order valence-corrected chi connectivity index (χ4v) is 3.49. The van der Waals surface area contributed by atoms with Gasteiger partial charge < -0.3 is 14.2 Å². The zero-order valence-electron chi connectivity index (χ0n) is 17.5. The number of carbonyl (C=O) groups is 1. The Balaban J connectivity index is 1.98. The van der Waals surface area contributed by atoms with Crippen LogP contribution in [0.1, 0.15) is 64.5 Å². The lowest BCUT2D eigenvalue weighted by Gasteiger charge is -2.37. The van der Waals surface area contributed by atoms with Crippen LogP contribution in [0, 0.1) is 19.8 Å². The Morgan fingerprint density at radius 1 is 1.38 bits per heavy atom. The van der Waals surface area contributed by atoms with Crippen molar-refractivity contribution in [2.75, 3.05) is 19.6 Å². The number of hydrogen-bond acceptors (Lipinski definition) is 5. The second-order valence-corrected chi connectivity index (χ2v) is 8.77. The summed E-state index contributed by atoms with van der Waals surface area (Å²) >= 11 is 0. The molecule has 1 aromatic rings. The number of likely N-dealkylation sites (tertiary alicyclic amines) is 1. The van der Waals surface area contributed by atoms with Gasteiger partial charge in [0.15, 0.2) is 0 Å². The maximum atomic E-state index is 12.6. The third kappa shape index (κ3) is 5.73. The summed E-state index contributed by atoms with van der Waals surface area (Å²) in [6.07, 6.45) is 2.08. The molecule has 1 amide bonds. The molecule has 1 fully saturated rings. The molecule has 2 rings (SSSR count). The normalized spacial score (nSPS) is 19.0. The summed E-state index contributed by atoms with van der Waals surface area (Å²) in [6, 6.07) is 0.128. The van der Waals surface area contributed by atoms with E-state index in [-0.39, 0.29) is 12.1 Å². The van der Waals surface area contributed by atoms with E-state index in [9.17, 15) is 4.79 Å². The molecule has 0 aromatic carbocycles. The highest BCUT2D eigenvalue weighted by Crippen LogP contribution is 2.23. The molecule has 1 aliphatic heterocycles. The molecule has 0 radical (unpaired) electrons. The van der Waals surface area contributed by atoms with E-state index < -0.39 is 5.60 Å². The number of nitrogens with zero attached hydrogens (tertiary/aromatic N) is 3. The SMILES string of the molecule is Cc1noc(C)c1CN1CCC[C@@H](CN(C(=O)OC(C)(C)C)C(C)C)C1. The average molecular weight is 366 g/mol. The molecule has 2 heterocycles. The second kappa shape index (κ2) is 8.42. The Labute approximate surface area is 157 Å². The highest BCUT2D eigenvalue weighted by Gasteiger charge is 2.29. The quantitative estimate of drug-likeness (QED) is 0.784. The van der Waals surface area contributed by atoms with Gasteiger partial charge in [0.05, 0.1) is 5.69 Å². The Morgan fingerprint density at radius 3 is 2.62 bits per heavy atom. The van der Waals surface area contributed by atoms with Crippen molar-refractivity contribution in [3.8, 4) is 0 Å². The number of aryl methyl sites for hydroxylation is 2. The molecule has 0 spiro atoms. The molecule has 0 N–H and O–H groups in total. The van der Waals surface area contributed by atoms with Crippen LogP contribution >= 0.6 is 0 Å². The van der Waals surface area contributed by atoms with Gasteiger partial charge in [0.1, 0.15) is 11.4 Å². The minimum Gasteiger partial charge on any atom is -0.444 e. The van der Waals surface area contributed by atoms with Gasteiger partial charge in [-0.1, -0.05) is 5.16 Å². The molecule has 148 valence electrons. The van der Waals surface area contributed by atoms with Crippen LogP contribution in [-0.2, 0) is 11.3 Å². The van der Waals surface area contributed by atoms with E-state index in [4.69, 9.17) is 9.26 Å². The topological polar surface area (TPSA) is 58.8 Å². The van der Waals surface area contributed by atoms with Gasteiger partial charge in [0.2, 0.25) is 0 Å².